The van der Waals surface area contributed by atoms with Crippen molar-refractivity contribution in [3.8, 4) is 0 Å². The lowest BCUT2D eigenvalue weighted by molar-refractivity contribution is -0.151. The number of fused-ring (bicyclic) bond motifs is 1. The third kappa shape index (κ3) is 2.95. The molecule has 0 saturated heterocycles. The topological polar surface area (TPSA) is 57.6 Å². The van der Waals surface area contributed by atoms with E-state index in [9.17, 15) is 14.7 Å². The van der Waals surface area contributed by atoms with Gasteiger partial charge in [-0.05, 0) is 36.0 Å². The fourth-order valence-electron chi connectivity index (χ4n) is 3.27. The zero-order valence-corrected chi connectivity index (χ0v) is 13.8. The van der Waals surface area contributed by atoms with Crippen molar-refractivity contribution in [2.24, 2.45) is 5.92 Å². The summed E-state index contributed by atoms with van der Waals surface area (Å²) in [5.74, 6) is -0.739. The number of amides is 1. The molecule has 5 heteroatoms. The van der Waals surface area contributed by atoms with Crippen LogP contribution in [-0.2, 0) is 22.6 Å². The van der Waals surface area contributed by atoms with Crippen LogP contribution in [0, 0.1) is 5.92 Å². The summed E-state index contributed by atoms with van der Waals surface area (Å²) < 4.78 is 0.919. The third-order valence-corrected chi connectivity index (χ3v) is 5.23. The second kappa shape index (κ2) is 6.24. The number of aliphatic carboxylic acids is 1. The van der Waals surface area contributed by atoms with Crippen LogP contribution in [0.2, 0.25) is 0 Å². The van der Waals surface area contributed by atoms with E-state index in [1.54, 1.807) is 0 Å². The van der Waals surface area contributed by atoms with Gasteiger partial charge in [0.05, 0.1) is 0 Å². The van der Waals surface area contributed by atoms with Gasteiger partial charge in [-0.2, -0.15) is 0 Å². The second-order valence-corrected chi connectivity index (χ2v) is 6.78. The number of nitrogens with zero attached hydrogens (tertiary/aromatic N) is 1. The van der Waals surface area contributed by atoms with Crippen LogP contribution in [0.15, 0.2) is 34.8 Å². The van der Waals surface area contributed by atoms with E-state index in [0.717, 1.165) is 28.4 Å². The standard InChI is InChI=1S/C17H18BrNO3/c18-14-7-3-6-12-10-19(15(17(21)22)9-13(12)14)16(20)8-11-4-1-2-5-11/h1,3-4,6-7,11,15H,2,5,8-10H2,(H,21,22). The number of benzene rings is 1. The zero-order valence-electron chi connectivity index (χ0n) is 12.2. The van der Waals surface area contributed by atoms with Gasteiger partial charge in [0.25, 0.3) is 0 Å². The summed E-state index contributed by atoms with van der Waals surface area (Å²) in [5.41, 5.74) is 2.03. The van der Waals surface area contributed by atoms with Gasteiger partial charge in [-0.25, -0.2) is 4.79 Å². The Morgan fingerprint density at radius 3 is 2.86 bits per heavy atom. The van der Waals surface area contributed by atoms with Crippen molar-refractivity contribution in [2.75, 3.05) is 0 Å². The van der Waals surface area contributed by atoms with Gasteiger partial charge in [0, 0.05) is 23.9 Å². The maximum Gasteiger partial charge on any atom is 0.326 e. The average molecular weight is 364 g/mol. The Kier molecular flexibility index (Phi) is 4.34. The Morgan fingerprint density at radius 1 is 1.36 bits per heavy atom. The molecule has 0 saturated carbocycles. The Bertz CT molecular complexity index is 641. The van der Waals surface area contributed by atoms with Crippen molar-refractivity contribution < 1.29 is 14.7 Å². The number of carbonyl (C=O) groups is 2. The maximum atomic E-state index is 12.6. The molecular weight excluding hydrogens is 346 g/mol. The molecule has 2 aliphatic rings. The summed E-state index contributed by atoms with van der Waals surface area (Å²) in [5, 5.41) is 9.51. The Hall–Kier alpha value is -1.62. The Morgan fingerprint density at radius 2 is 2.18 bits per heavy atom. The number of carboxylic acid groups (broad SMARTS) is 1. The number of hydrogen-bond acceptors (Lipinski definition) is 2. The maximum absolute atomic E-state index is 12.6. The highest BCUT2D eigenvalue weighted by molar-refractivity contribution is 9.10. The predicted molar refractivity (Wildman–Crippen MR) is 86.3 cm³/mol. The van der Waals surface area contributed by atoms with E-state index in [1.807, 2.05) is 18.2 Å². The summed E-state index contributed by atoms with van der Waals surface area (Å²) in [6.45, 7) is 0.376. The largest absolute Gasteiger partial charge is 0.480 e. The molecular formula is C17H18BrNO3. The fourth-order valence-corrected chi connectivity index (χ4v) is 3.84. The van der Waals surface area contributed by atoms with Crippen LogP contribution in [0.5, 0.6) is 0 Å². The molecule has 0 bridgehead atoms. The van der Waals surface area contributed by atoms with Gasteiger partial charge < -0.3 is 10.0 Å². The second-order valence-electron chi connectivity index (χ2n) is 5.93. The number of hydrogen-bond donors (Lipinski definition) is 1. The molecule has 1 aromatic rings. The van der Waals surface area contributed by atoms with E-state index >= 15 is 0 Å². The number of rotatable bonds is 3. The van der Waals surface area contributed by atoms with Crippen molar-refractivity contribution in [2.45, 2.75) is 38.3 Å². The fraction of sp³-hybridized carbons (Fsp3) is 0.412. The molecule has 1 amide bonds. The van der Waals surface area contributed by atoms with Gasteiger partial charge >= 0.3 is 5.97 Å². The van der Waals surface area contributed by atoms with E-state index in [1.165, 1.54) is 4.90 Å². The zero-order chi connectivity index (χ0) is 15.7. The van der Waals surface area contributed by atoms with Crippen LogP contribution in [0.3, 0.4) is 0 Å². The Labute approximate surface area is 137 Å². The van der Waals surface area contributed by atoms with E-state index in [0.29, 0.717) is 19.4 Å². The quantitative estimate of drug-likeness (QED) is 0.839. The molecule has 3 rings (SSSR count). The first-order chi connectivity index (χ1) is 10.6. The first-order valence-corrected chi connectivity index (χ1v) is 8.30. The molecule has 2 unspecified atom stereocenters. The molecule has 1 aliphatic heterocycles. The van der Waals surface area contributed by atoms with E-state index in [4.69, 9.17) is 0 Å². The minimum Gasteiger partial charge on any atom is -0.480 e. The SMILES string of the molecule is O=C(O)C1Cc2c(Br)cccc2CN1C(=O)CC1C=CCC1. The molecule has 2 atom stereocenters. The summed E-state index contributed by atoms with van der Waals surface area (Å²) >= 11 is 3.48. The number of allylic oxidation sites excluding steroid dienone is 2. The summed E-state index contributed by atoms with van der Waals surface area (Å²) in [6.07, 6.45) is 6.93. The minimum atomic E-state index is -0.934. The third-order valence-electron chi connectivity index (χ3n) is 4.48. The van der Waals surface area contributed by atoms with Crippen LogP contribution < -0.4 is 0 Å². The monoisotopic (exact) mass is 363 g/mol. The van der Waals surface area contributed by atoms with E-state index in [2.05, 4.69) is 28.1 Å². The first-order valence-electron chi connectivity index (χ1n) is 7.51. The van der Waals surface area contributed by atoms with Gasteiger partial charge in [0.1, 0.15) is 6.04 Å². The summed E-state index contributed by atoms with van der Waals surface area (Å²) in [4.78, 5) is 25.7. The Balaban J connectivity index is 1.83. The van der Waals surface area contributed by atoms with Crippen LogP contribution in [-0.4, -0.2) is 27.9 Å². The predicted octanol–water partition coefficient (Wildman–Crippen LogP) is 3.14. The molecule has 0 spiro atoms. The highest BCUT2D eigenvalue weighted by Crippen LogP contribution is 2.31. The lowest BCUT2D eigenvalue weighted by Crippen LogP contribution is -2.49. The van der Waals surface area contributed by atoms with Gasteiger partial charge in [-0.1, -0.05) is 40.2 Å². The molecule has 1 heterocycles. The summed E-state index contributed by atoms with van der Waals surface area (Å²) in [6, 6.07) is 5.03. The first kappa shape index (κ1) is 15.3. The van der Waals surface area contributed by atoms with Gasteiger partial charge in [0.2, 0.25) is 5.91 Å². The molecule has 1 aromatic carbocycles. The highest BCUT2D eigenvalue weighted by Gasteiger charge is 2.35. The smallest absolute Gasteiger partial charge is 0.326 e. The number of carboxylic acids is 1. The van der Waals surface area contributed by atoms with Crippen LogP contribution >= 0.6 is 15.9 Å². The molecule has 0 aromatic heterocycles. The van der Waals surface area contributed by atoms with Gasteiger partial charge in [0.15, 0.2) is 0 Å². The van der Waals surface area contributed by atoms with Crippen LogP contribution in [0.4, 0.5) is 0 Å². The van der Waals surface area contributed by atoms with Crippen LogP contribution in [0.1, 0.15) is 30.4 Å². The molecule has 0 radical (unpaired) electrons. The van der Waals surface area contributed by atoms with Crippen molar-refractivity contribution in [1.82, 2.24) is 4.90 Å². The normalized spacial score (nSPS) is 23.4. The summed E-state index contributed by atoms with van der Waals surface area (Å²) in [7, 11) is 0. The van der Waals surface area contributed by atoms with Crippen molar-refractivity contribution in [3.05, 3.63) is 46.0 Å². The molecule has 0 fully saturated rings. The molecule has 1 aliphatic carbocycles. The van der Waals surface area contributed by atoms with Crippen molar-refractivity contribution >= 4 is 27.8 Å². The minimum absolute atomic E-state index is 0.0606. The van der Waals surface area contributed by atoms with Gasteiger partial charge in [-0.3, -0.25) is 4.79 Å². The average Bonchev–Trinajstić information content (AvgIpc) is 2.99. The molecule has 4 nitrogen and oxygen atoms in total. The van der Waals surface area contributed by atoms with E-state index < -0.39 is 12.0 Å². The molecule has 116 valence electrons. The van der Waals surface area contributed by atoms with Gasteiger partial charge in [-0.15, -0.1) is 0 Å². The highest BCUT2D eigenvalue weighted by atomic mass is 79.9. The lowest BCUT2D eigenvalue weighted by Gasteiger charge is -2.35. The number of carbonyl (C=O) groups excluding carboxylic acids is 1. The number of halogens is 1. The van der Waals surface area contributed by atoms with Crippen LogP contribution in [0.25, 0.3) is 0 Å². The molecule has 22 heavy (non-hydrogen) atoms. The van der Waals surface area contributed by atoms with Crippen molar-refractivity contribution in [1.29, 1.82) is 0 Å². The van der Waals surface area contributed by atoms with E-state index in [-0.39, 0.29) is 11.8 Å². The molecule has 1 N–H and O–H groups in total. The van der Waals surface area contributed by atoms with Crippen molar-refractivity contribution in [3.63, 3.8) is 0 Å². The lowest BCUT2D eigenvalue weighted by atomic mass is 9.93.